The number of nitrogens with zero attached hydrogens (tertiary/aromatic N) is 2. The van der Waals surface area contributed by atoms with Crippen LogP contribution in [0.4, 0.5) is 4.39 Å². The maximum Gasteiger partial charge on any atom is 0.228 e. The lowest BCUT2D eigenvalue weighted by atomic mass is 10.1. The smallest absolute Gasteiger partial charge is 0.228 e. The fourth-order valence-electron chi connectivity index (χ4n) is 2.50. The van der Waals surface area contributed by atoms with Crippen molar-refractivity contribution in [2.45, 2.75) is 26.3 Å². The number of hydrogen-bond donors (Lipinski definition) is 2. The monoisotopic (exact) mass is 338 g/mol. The molecule has 0 aliphatic rings. The molecule has 25 heavy (non-hydrogen) atoms. The topological polar surface area (TPSA) is 70.7 Å². The minimum atomic E-state index is -0.271. The Balaban J connectivity index is 1.53. The molecule has 1 heterocycles. The van der Waals surface area contributed by atoms with Crippen molar-refractivity contribution >= 4 is 5.91 Å². The van der Waals surface area contributed by atoms with Gasteiger partial charge < -0.3 is 5.32 Å². The van der Waals surface area contributed by atoms with Gasteiger partial charge in [0, 0.05) is 13.0 Å². The fourth-order valence-corrected chi connectivity index (χ4v) is 2.50. The Morgan fingerprint density at radius 3 is 2.68 bits per heavy atom. The number of aromatic nitrogens is 3. The Hall–Kier alpha value is -3.02. The first-order valence-corrected chi connectivity index (χ1v) is 8.06. The summed E-state index contributed by atoms with van der Waals surface area (Å²) in [4.78, 5) is 16.4. The molecule has 0 spiro atoms. The number of amides is 1. The SMILES string of the molecule is Cc1ccccc1CNC(=O)Cc1n[nH]c(Cc2ccc(F)cc2)n1. The molecule has 1 amide bonds. The van der Waals surface area contributed by atoms with Gasteiger partial charge in [0.2, 0.25) is 5.91 Å². The van der Waals surface area contributed by atoms with Crippen LogP contribution < -0.4 is 5.32 Å². The Morgan fingerprint density at radius 1 is 1.16 bits per heavy atom. The van der Waals surface area contributed by atoms with Crippen LogP contribution in [0.5, 0.6) is 0 Å². The predicted molar refractivity (Wildman–Crippen MR) is 92.3 cm³/mol. The van der Waals surface area contributed by atoms with Crippen LogP contribution in [0, 0.1) is 12.7 Å². The van der Waals surface area contributed by atoms with E-state index in [4.69, 9.17) is 0 Å². The molecule has 0 bridgehead atoms. The zero-order valence-corrected chi connectivity index (χ0v) is 13.9. The first-order valence-electron chi connectivity index (χ1n) is 8.06. The second-order valence-corrected chi connectivity index (χ2v) is 5.88. The van der Waals surface area contributed by atoms with Crippen LogP contribution in [-0.4, -0.2) is 21.1 Å². The third-order valence-corrected chi connectivity index (χ3v) is 3.92. The molecule has 0 radical (unpaired) electrons. The number of rotatable bonds is 6. The lowest BCUT2D eigenvalue weighted by Crippen LogP contribution is -2.25. The first-order chi connectivity index (χ1) is 12.1. The largest absolute Gasteiger partial charge is 0.352 e. The van der Waals surface area contributed by atoms with Gasteiger partial charge in [-0.2, -0.15) is 5.10 Å². The standard InChI is InChI=1S/C19H19FN4O/c1-13-4-2-3-5-15(13)12-21-19(25)11-18-22-17(23-24-18)10-14-6-8-16(20)9-7-14/h2-9H,10-12H2,1H3,(H,21,25)(H,22,23,24). The van der Waals surface area contributed by atoms with Crippen molar-refractivity contribution < 1.29 is 9.18 Å². The zero-order valence-electron chi connectivity index (χ0n) is 13.9. The van der Waals surface area contributed by atoms with Crippen molar-refractivity contribution in [2.24, 2.45) is 0 Å². The van der Waals surface area contributed by atoms with E-state index >= 15 is 0 Å². The highest BCUT2D eigenvalue weighted by atomic mass is 19.1. The van der Waals surface area contributed by atoms with Gasteiger partial charge in [-0.15, -0.1) is 0 Å². The summed E-state index contributed by atoms with van der Waals surface area (Å²) in [6.07, 6.45) is 0.629. The molecule has 2 aromatic carbocycles. The van der Waals surface area contributed by atoms with Crippen molar-refractivity contribution in [1.82, 2.24) is 20.5 Å². The van der Waals surface area contributed by atoms with Gasteiger partial charge in [0.25, 0.3) is 0 Å². The van der Waals surface area contributed by atoms with Crippen molar-refractivity contribution in [3.05, 3.63) is 82.7 Å². The molecular formula is C19H19FN4O. The summed E-state index contributed by atoms with van der Waals surface area (Å²) in [5.41, 5.74) is 3.15. The van der Waals surface area contributed by atoms with E-state index in [0.717, 1.165) is 16.7 Å². The van der Waals surface area contributed by atoms with E-state index in [1.807, 2.05) is 31.2 Å². The molecule has 0 saturated heterocycles. The number of carbonyl (C=O) groups is 1. The molecule has 0 unspecified atom stereocenters. The fraction of sp³-hybridized carbons (Fsp3) is 0.211. The van der Waals surface area contributed by atoms with Crippen LogP contribution in [0.1, 0.15) is 28.3 Å². The first kappa shape index (κ1) is 16.8. The molecule has 3 aromatic rings. The van der Waals surface area contributed by atoms with Crippen molar-refractivity contribution in [2.75, 3.05) is 0 Å². The number of hydrogen-bond acceptors (Lipinski definition) is 3. The Labute approximate surface area is 145 Å². The number of halogens is 1. The number of aromatic amines is 1. The van der Waals surface area contributed by atoms with E-state index in [-0.39, 0.29) is 18.1 Å². The lowest BCUT2D eigenvalue weighted by Gasteiger charge is -2.06. The van der Waals surface area contributed by atoms with E-state index in [1.165, 1.54) is 12.1 Å². The zero-order chi connectivity index (χ0) is 17.6. The molecule has 0 aliphatic carbocycles. The van der Waals surface area contributed by atoms with Crippen molar-refractivity contribution in [3.8, 4) is 0 Å². The number of nitrogens with one attached hydrogen (secondary N) is 2. The quantitative estimate of drug-likeness (QED) is 0.726. The summed E-state index contributed by atoms with van der Waals surface area (Å²) in [6.45, 7) is 2.50. The maximum absolute atomic E-state index is 12.9. The van der Waals surface area contributed by atoms with Crippen LogP contribution in [0.15, 0.2) is 48.5 Å². The van der Waals surface area contributed by atoms with E-state index in [0.29, 0.717) is 24.6 Å². The number of carbonyl (C=O) groups excluding carboxylic acids is 1. The van der Waals surface area contributed by atoms with Gasteiger partial charge in [0.05, 0.1) is 6.42 Å². The summed E-state index contributed by atoms with van der Waals surface area (Å²) in [6, 6.07) is 14.1. The molecule has 0 fully saturated rings. The molecule has 6 heteroatoms. The predicted octanol–water partition coefficient (Wildman–Crippen LogP) is 2.70. The van der Waals surface area contributed by atoms with Crippen LogP contribution >= 0.6 is 0 Å². The Bertz CT molecular complexity index is 858. The van der Waals surface area contributed by atoms with Crippen LogP contribution in [0.25, 0.3) is 0 Å². The molecule has 0 saturated carbocycles. The lowest BCUT2D eigenvalue weighted by molar-refractivity contribution is -0.120. The highest BCUT2D eigenvalue weighted by Crippen LogP contribution is 2.08. The summed E-state index contributed by atoms with van der Waals surface area (Å²) in [5, 5.41) is 9.77. The minimum absolute atomic E-state index is 0.117. The van der Waals surface area contributed by atoms with Crippen LogP contribution in [0.3, 0.4) is 0 Å². The van der Waals surface area contributed by atoms with Crippen molar-refractivity contribution in [1.29, 1.82) is 0 Å². The molecule has 0 atom stereocenters. The average Bonchev–Trinajstić information content (AvgIpc) is 3.03. The molecule has 5 nitrogen and oxygen atoms in total. The molecule has 0 aliphatic heterocycles. The third-order valence-electron chi connectivity index (χ3n) is 3.92. The van der Waals surface area contributed by atoms with E-state index in [2.05, 4.69) is 20.5 Å². The highest BCUT2D eigenvalue weighted by molar-refractivity contribution is 5.77. The average molecular weight is 338 g/mol. The second-order valence-electron chi connectivity index (χ2n) is 5.88. The van der Waals surface area contributed by atoms with E-state index in [1.54, 1.807) is 12.1 Å². The Morgan fingerprint density at radius 2 is 1.92 bits per heavy atom. The van der Waals surface area contributed by atoms with Gasteiger partial charge in [-0.3, -0.25) is 9.89 Å². The third kappa shape index (κ3) is 4.73. The van der Waals surface area contributed by atoms with E-state index < -0.39 is 0 Å². The normalized spacial score (nSPS) is 10.6. The minimum Gasteiger partial charge on any atom is -0.352 e. The van der Waals surface area contributed by atoms with Gasteiger partial charge in [-0.1, -0.05) is 36.4 Å². The van der Waals surface area contributed by atoms with E-state index in [9.17, 15) is 9.18 Å². The van der Waals surface area contributed by atoms with Gasteiger partial charge in [-0.05, 0) is 35.7 Å². The Kier molecular flexibility index (Phi) is 5.18. The number of aryl methyl sites for hydroxylation is 1. The molecular weight excluding hydrogens is 319 g/mol. The van der Waals surface area contributed by atoms with Gasteiger partial charge >= 0.3 is 0 Å². The molecule has 2 N–H and O–H groups in total. The van der Waals surface area contributed by atoms with Gasteiger partial charge in [0.15, 0.2) is 5.82 Å². The molecule has 3 rings (SSSR count). The van der Waals surface area contributed by atoms with Crippen LogP contribution in [0.2, 0.25) is 0 Å². The summed E-state index contributed by atoms with van der Waals surface area (Å²) in [5.74, 6) is 0.690. The van der Waals surface area contributed by atoms with Gasteiger partial charge in [0.1, 0.15) is 11.6 Å². The van der Waals surface area contributed by atoms with Crippen molar-refractivity contribution in [3.63, 3.8) is 0 Å². The summed E-state index contributed by atoms with van der Waals surface area (Å²) < 4.78 is 12.9. The summed E-state index contributed by atoms with van der Waals surface area (Å²) in [7, 11) is 0. The number of benzene rings is 2. The molecule has 128 valence electrons. The molecule has 1 aromatic heterocycles. The second kappa shape index (κ2) is 7.70. The highest BCUT2D eigenvalue weighted by Gasteiger charge is 2.10. The van der Waals surface area contributed by atoms with Gasteiger partial charge in [-0.25, -0.2) is 9.37 Å². The maximum atomic E-state index is 12.9. The van der Waals surface area contributed by atoms with Crippen LogP contribution in [-0.2, 0) is 24.2 Å². The summed E-state index contributed by atoms with van der Waals surface area (Å²) >= 11 is 0. The number of H-pyrrole nitrogens is 1.